The van der Waals surface area contributed by atoms with Crippen LogP contribution >= 0.6 is 0 Å². The van der Waals surface area contributed by atoms with Crippen molar-refractivity contribution in [2.24, 2.45) is 5.92 Å². The van der Waals surface area contributed by atoms with Gasteiger partial charge in [-0.15, -0.1) is 0 Å². The molecule has 0 spiro atoms. The normalized spacial score (nSPS) is 21.6. The van der Waals surface area contributed by atoms with Gasteiger partial charge in [-0.3, -0.25) is 4.79 Å². The highest BCUT2D eigenvalue weighted by Gasteiger charge is 2.24. The summed E-state index contributed by atoms with van der Waals surface area (Å²) in [6, 6.07) is 7.62. The minimum atomic E-state index is -0.270. The molecule has 2 atom stereocenters. The number of carbonyl (C=O) groups is 1. The zero-order chi connectivity index (χ0) is 15.1. The number of hydrogen-bond acceptors (Lipinski definition) is 3. The SMILES string of the molecule is CCOc1ccccc1C=CC(=O)NCC1CCCC1O. The highest BCUT2D eigenvalue weighted by molar-refractivity contribution is 5.92. The fourth-order valence-electron chi connectivity index (χ4n) is 2.62. The molecule has 1 aliphatic carbocycles. The first kappa shape index (κ1) is 15.6. The predicted octanol–water partition coefficient (Wildman–Crippen LogP) is 2.38. The molecule has 2 rings (SSSR count). The van der Waals surface area contributed by atoms with Crippen molar-refractivity contribution in [2.75, 3.05) is 13.2 Å². The Balaban J connectivity index is 1.87. The number of nitrogens with one attached hydrogen (secondary N) is 1. The molecular weight excluding hydrogens is 266 g/mol. The maximum atomic E-state index is 11.8. The molecule has 1 amide bonds. The molecule has 2 unspecified atom stereocenters. The third kappa shape index (κ3) is 4.60. The van der Waals surface area contributed by atoms with E-state index in [2.05, 4.69) is 5.32 Å². The number of ether oxygens (including phenoxy) is 1. The van der Waals surface area contributed by atoms with Crippen molar-refractivity contribution in [3.8, 4) is 5.75 Å². The smallest absolute Gasteiger partial charge is 0.244 e. The lowest BCUT2D eigenvalue weighted by Crippen LogP contribution is -2.31. The lowest BCUT2D eigenvalue weighted by Gasteiger charge is -2.14. The molecule has 1 aromatic carbocycles. The van der Waals surface area contributed by atoms with Crippen LogP contribution in [0.3, 0.4) is 0 Å². The number of rotatable bonds is 6. The number of hydrogen-bond donors (Lipinski definition) is 2. The molecule has 1 aliphatic rings. The van der Waals surface area contributed by atoms with Crippen LogP contribution in [0.4, 0.5) is 0 Å². The van der Waals surface area contributed by atoms with Crippen LogP contribution < -0.4 is 10.1 Å². The van der Waals surface area contributed by atoms with Crippen molar-refractivity contribution in [2.45, 2.75) is 32.3 Å². The Morgan fingerprint density at radius 1 is 1.43 bits per heavy atom. The van der Waals surface area contributed by atoms with Crippen molar-refractivity contribution >= 4 is 12.0 Å². The fourth-order valence-corrected chi connectivity index (χ4v) is 2.62. The minimum Gasteiger partial charge on any atom is -0.493 e. The molecule has 1 saturated carbocycles. The molecule has 1 aromatic rings. The molecule has 21 heavy (non-hydrogen) atoms. The molecular formula is C17H23NO3. The second kappa shape index (κ2) is 7.84. The van der Waals surface area contributed by atoms with Gasteiger partial charge in [-0.25, -0.2) is 0 Å². The van der Waals surface area contributed by atoms with Crippen molar-refractivity contribution < 1.29 is 14.6 Å². The molecule has 0 saturated heterocycles. The Morgan fingerprint density at radius 3 is 2.95 bits per heavy atom. The molecule has 114 valence electrons. The number of para-hydroxylation sites is 1. The van der Waals surface area contributed by atoms with Crippen LogP contribution in [0.5, 0.6) is 5.75 Å². The first-order chi connectivity index (χ1) is 10.2. The van der Waals surface area contributed by atoms with Crippen molar-refractivity contribution in [3.63, 3.8) is 0 Å². The summed E-state index contributed by atoms with van der Waals surface area (Å²) in [5.41, 5.74) is 0.885. The Kier molecular flexibility index (Phi) is 5.81. The van der Waals surface area contributed by atoms with E-state index in [1.807, 2.05) is 31.2 Å². The van der Waals surface area contributed by atoms with Gasteiger partial charge in [0.2, 0.25) is 5.91 Å². The molecule has 2 N–H and O–H groups in total. The van der Waals surface area contributed by atoms with Gasteiger partial charge in [-0.1, -0.05) is 24.6 Å². The van der Waals surface area contributed by atoms with Gasteiger partial charge in [-0.05, 0) is 31.9 Å². The fraction of sp³-hybridized carbons (Fsp3) is 0.471. The highest BCUT2D eigenvalue weighted by atomic mass is 16.5. The van der Waals surface area contributed by atoms with E-state index in [4.69, 9.17) is 4.74 Å². The first-order valence-corrected chi connectivity index (χ1v) is 7.56. The molecule has 0 bridgehead atoms. The van der Waals surface area contributed by atoms with Gasteiger partial charge >= 0.3 is 0 Å². The first-order valence-electron chi connectivity index (χ1n) is 7.56. The molecule has 4 heteroatoms. The topological polar surface area (TPSA) is 58.6 Å². The number of benzene rings is 1. The lowest BCUT2D eigenvalue weighted by atomic mass is 10.1. The van der Waals surface area contributed by atoms with E-state index in [1.54, 1.807) is 6.08 Å². The molecule has 4 nitrogen and oxygen atoms in total. The van der Waals surface area contributed by atoms with Crippen LogP contribution in [0.1, 0.15) is 31.7 Å². The second-order valence-electron chi connectivity index (χ2n) is 5.31. The molecule has 1 fully saturated rings. The monoisotopic (exact) mass is 289 g/mol. The number of carbonyl (C=O) groups excluding carboxylic acids is 1. The van der Waals surface area contributed by atoms with Gasteiger partial charge in [0.15, 0.2) is 0 Å². The maximum Gasteiger partial charge on any atom is 0.244 e. The zero-order valence-corrected chi connectivity index (χ0v) is 12.4. The Labute approximate surface area is 125 Å². The summed E-state index contributed by atoms with van der Waals surface area (Å²) in [4.78, 5) is 11.8. The third-order valence-electron chi connectivity index (χ3n) is 3.79. The summed E-state index contributed by atoms with van der Waals surface area (Å²) in [6.45, 7) is 3.06. The maximum absolute atomic E-state index is 11.8. The van der Waals surface area contributed by atoms with E-state index in [1.165, 1.54) is 6.08 Å². The standard InChI is InChI=1S/C17H23NO3/c1-2-21-16-9-4-3-6-13(16)10-11-17(20)18-12-14-7-5-8-15(14)19/h3-4,6,9-11,14-15,19H,2,5,7-8,12H2,1H3,(H,18,20). The van der Waals surface area contributed by atoms with Gasteiger partial charge in [-0.2, -0.15) is 0 Å². The molecule has 0 radical (unpaired) electrons. The predicted molar refractivity (Wildman–Crippen MR) is 83.0 cm³/mol. The second-order valence-corrected chi connectivity index (χ2v) is 5.31. The lowest BCUT2D eigenvalue weighted by molar-refractivity contribution is -0.116. The van der Waals surface area contributed by atoms with Crippen LogP contribution in [-0.2, 0) is 4.79 Å². The third-order valence-corrected chi connectivity index (χ3v) is 3.79. The molecule has 0 heterocycles. The van der Waals surface area contributed by atoms with E-state index in [0.717, 1.165) is 30.6 Å². The largest absolute Gasteiger partial charge is 0.493 e. The van der Waals surface area contributed by atoms with Gasteiger partial charge in [0.05, 0.1) is 12.7 Å². The van der Waals surface area contributed by atoms with Crippen molar-refractivity contribution in [3.05, 3.63) is 35.9 Å². The van der Waals surface area contributed by atoms with Crippen molar-refractivity contribution in [1.29, 1.82) is 0 Å². The summed E-state index contributed by atoms with van der Waals surface area (Å²) in [5.74, 6) is 0.828. The van der Waals surface area contributed by atoms with Crippen LogP contribution in [0.2, 0.25) is 0 Å². The summed E-state index contributed by atoms with van der Waals surface area (Å²) >= 11 is 0. The van der Waals surface area contributed by atoms with E-state index in [9.17, 15) is 9.90 Å². The van der Waals surface area contributed by atoms with Gasteiger partial charge in [0, 0.05) is 24.1 Å². The molecule has 0 aliphatic heterocycles. The average Bonchev–Trinajstić information content (AvgIpc) is 2.90. The summed E-state index contributed by atoms with van der Waals surface area (Å²) in [6.07, 6.45) is 5.87. The quantitative estimate of drug-likeness (QED) is 0.791. The van der Waals surface area contributed by atoms with Gasteiger partial charge in [0.25, 0.3) is 0 Å². The highest BCUT2D eigenvalue weighted by Crippen LogP contribution is 2.24. The van der Waals surface area contributed by atoms with E-state index >= 15 is 0 Å². The van der Waals surface area contributed by atoms with E-state index in [0.29, 0.717) is 13.2 Å². The Morgan fingerprint density at radius 2 is 2.24 bits per heavy atom. The number of amides is 1. The summed E-state index contributed by atoms with van der Waals surface area (Å²) < 4.78 is 5.51. The van der Waals surface area contributed by atoms with Gasteiger partial charge < -0.3 is 15.2 Å². The summed E-state index contributed by atoms with van der Waals surface area (Å²) in [7, 11) is 0. The van der Waals surface area contributed by atoms with Crippen LogP contribution in [0, 0.1) is 5.92 Å². The minimum absolute atomic E-state index is 0.139. The molecule has 0 aromatic heterocycles. The van der Waals surface area contributed by atoms with Crippen LogP contribution in [-0.4, -0.2) is 30.3 Å². The average molecular weight is 289 g/mol. The van der Waals surface area contributed by atoms with E-state index < -0.39 is 0 Å². The van der Waals surface area contributed by atoms with Crippen molar-refractivity contribution in [1.82, 2.24) is 5.32 Å². The van der Waals surface area contributed by atoms with Crippen LogP contribution in [0.15, 0.2) is 30.3 Å². The Bertz CT molecular complexity index is 499. The van der Waals surface area contributed by atoms with Gasteiger partial charge in [0.1, 0.15) is 5.75 Å². The van der Waals surface area contributed by atoms with E-state index in [-0.39, 0.29) is 17.9 Å². The summed E-state index contributed by atoms with van der Waals surface area (Å²) in [5, 5.41) is 12.6. The zero-order valence-electron chi connectivity index (χ0n) is 12.4. The number of aliphatic hydroxyl groups excluding tert-OH is 1. The van der Waals surface area contributed by atoms with Crippen LogP contribution in [0.25, 0.3) is 6.08 Å². The Hall–Kier alpha value is -1.81. The number of aliphatic hydroxyl groups is 1.